The van der Waals surface area contributed by atoms with Gasteiger partial charge in [-0.05, 0) is 88.0 Å². The second-order valence-electron chi connectivity index (χ2n) is 15.3. The first-order valence-electron chi connectivity index (χ1n) is 19.3. The van der Waals surface area contributed by atoms with Gasteiger partial charge in [0.25, 0.3) is 24.4 Å². The van der Waals surface area contributed by atoms with E-state index >= 15 is 0 Å². The number of benzene rings is 2. The van der Waals surface area contributed by atoms with Crippen molar-refractivity contribution in [3.05, 3.63) is 59.7 Å². The van der Waals surface area contributed by atoms with Crippen LogP contribution in [0.3, 0.4) is 0 Å². The molecule has 4 amide bonds. The van der Waals surface area contributed by atoms with Crippen LogP contribution < -0.4 is 29.9 Å². The van der Waals surface area contributed by atoms with Gasteiger partial charge in [0, 0.05) is 51.2 Å². The van der Waals surface area contributed by atoms with Gasteiger partial charge in [0.2, 0.25) is 11.8 Å². The molecule has 6 fully saturated rings. The molecule has 8 aliphatic heterocycles. The number of rotatable bonds is 8. The fourth-order valence-electron chi connectivity index (χ4n) is 8.85. The minimum atomic E-state index is -1.29. The Morgan fingerprint density at radius 1 is 0.607 bits per heavy atom. The number of amides is 4. The Morgan fingerprint density at radius 2 is 1.00 bits per heavy atom. The van der Waals surface area contributed by atoms with E-state index in [1.54, 1.807) is 36.4 Å². The fraction of sp³-hybridized carbons (Fsp3) is 0.500. The Labute approximate surface area is 324 Å². The quantitative estimate of drug-likeness (QED) is 0.295. The van der Waals surface area contributed by atoms with Gasteiger partial charge in [0.15, 0.2) is 11.5 Å². The van der Waals surface area contributed by atoms with Gasteiger partial charge >= 0.3 is 11.9 Å². The monoisotopic (exact) mass is 770 g/mol. The van der Waals surface area contributed by atoms with E-state index in [0.717, 1.165) is 77.1 Å². The second kappa shape index (κ2) is 15.6. The van der Waals surface area contributed by atoms with Crippen LogP contribution in [0.5, 0.6) is 11.5 Å². The van der Waals surface area contributed by atoms with Gasteiger partial charge in [-0.15, -0.1) is 0 Å². The van der Waals surface area contributed by atoms with E-state index in [0.29, 0.717) is 23.2 Å². The van der Waals surface area contributed by atoms with Gasteiger partial charge in [-0.1, -0.05) is 12.1 Å². The van der Waals surface area contributed by atoms with Gasteiger partial charge in [0.05, 0.1) is 22.5 Å². The van der Waals surface area contributed by atoms with E-state index in [2.05, 4.69) is 20.4 Å². The Hall–Kier alpha value is -5.48. The molecule has 4 bridgehead atoms. The summed E-state index contributed by atoms with van der Waals surface area (Å²) < 4.78 is 23.0. The lowest BCUT2D eigenvalue weighted by molar-refractivity contribution is -0.160. The lowest BCUT2D eigenvalue weighted by Gasteiger charge is -2.45. The average molecular weight is 771 g/mol. The number of nitrogens with one attached hydrogen (secondary N) is 2. The number of carbonyl (C=O) groups excluding carboxylic acids is 6. The molecule has 0 aliphatic carbocycles. The number of anilines is 2. The minimum absolute atomic E-state index is 0.00691. The number of fused-ring (bicyclic) bond motifs is 8. The van der Waals surface area contributed by atoms with Crippen LogP contribution in [0.15, 0.2) is 48.6 Å². The first kappa shape index (κ1) is 37.4. The van der Waals surface area contributed by atoms with Crippen molar-refractivity contribution in [1.82, 2.24) is 20.4 Å². The normalized spacial score (nSPS) is 28.6. The number of hydrogen-bond donors (Lipinski definition) is 2. The molecule has 16 heteroatoms. The maximum Gasteiger partial charge on any atom is 0.334 e. The first-order chi connectivity index (χ1) is 27.0. The zero-order chi connectivity index (χ0) is 39.1. The van der Waals surface area contributed by atoms with E-state index in [1.165, 1.54) is 23.6 Å². The Balaban J connectivity index is 0.910. The molecular formula is C40H46N6O10. The molecule has 6 saturated heterocycles. The molecule has 8 heterocycles. The third kappa shape index (κ3) is 7.67. The highest BCUT2D eigenvalue weighted by Crippen LogP contribution is 2.39. The third-order valence-corrected chi connectivity index (χ3v) is 11.8. The summed E-state index contributed by atoms with van der Waals surface area (Å²) in [4.78, 5) is 85.8. The number of hydrogen-bond acceptors (Lipinski definition) is 12. The number of nitrogens with zero attached hydrogens (tertiary/aromatic N) is 4. The van der Waals surface area contributed by atoms with Crippen LogP contribution in [0.4, 0.5) is 11.4 Å². The topological polar surface area (TPSA) is 176 Å². The van der Waals surface area contributed by atoms with E-state index < -0.39 is 24.5 Å². The molecule has 296 valence electrons. The van der Waals surface area contributed by atoms with Gasteiger partial charge in [-0.3, -0.25) is 19.2 Å². The van der Waals surface area contributed by atoms with Crippen LogP contribution >= 0.6 is 0 Å². The molecule has 0 spiro atoms. The molecule has 10 rings (SSSR count). The lowest BCUT2D eigenvalue weighted by Crippen LogP contribution is -2.57. The van der Waals surface area contributed by atoms with Crippen molar-refractivity contribution in [3.8, 4) is 11.5 Å². The highest BCUT2D eigenvalue weighted by molar-refractivity contribution is 6.03. The minimum Gasteiger partial charge on any atom is -0.450 e. The van der Waals surface area contributed by atoms with Crippen LogP contribution in [0.2, 0.25) is 0 Å². The predicted molar refractivity (Wildman–Crippen MR) is 200 cm³/mol. The summed E-state index contributed by atoms with van der Waals surface area (Å²) in [5.74, 6) is -2.35. The molecule has 0 aromatic heterocycles. The first-order valence-corrected chi connectivity index (χ1v) is 19.3. The van der Waals surface area contributed by atoms with Crippen molar-refractivity contribution in [3.63, 3.8) is 0 Å². The van der Waals surface area contributed by atoms with Gasteiger partial charge < -0.3 is 49.2 Å². The SMILES string of the molecule is CC(=O)N1CC(OC(=O)/C=C/C(=O)OC2CN(C(C)=O)c3cccc(C(=O)NC4CN5CCC4CC5)c3O2)Oc2c(C(=O)NC3CN4CCC3CC4)cccc21. The van der Waals surface area contributed by atoms with E-state index in [1.807, 2.05) is 0 Å². The number of carbonyl (C=O) groups is 6. The Kier molecular flexibility index (Phi) is 10.4. The van der Waals surface area contributed by atoms with Crippen molar-refractivity contribution in [2.45, 2.75) is 64.2 Å². The smallest absolute Gasteiger partial charge is 0.334 e. The Bertz CT molecular complexity index is 1820. The molecule has 4 unspecified atom stereocenters. The molecule has 2 aromatic carbocycles. The van der Waals surface area contributed by atoms with Crippen LogP contribution in [-0.2, 0) is 28.7 Å². The summed E-state index contributed by atoms with van der Waals surface area (Å²) in [5, 5.41) is 6.28. The summed E-state index contributed by atoms with van der Waals surface area (Å²) >= 11 is 0. The van der Waals surface area contributed by atoms with Crippen molar-refractivity contribution >= 4 is 46.9 Å². The number of para-hydroxylation sites is 2. The molecule has 0 saturated carbocycles. The van der Waals surface area contributed by atoms with Crippen molar-refractivity contribution < 1.29 is 47.7 Å². The summed E-state index contributed by atoms with van der Waals surface area (Å²) in [6, 6.07) is 9.83. The fourth-order valence-corrected chi connectivity index (χ4v) is 8.85. The standard InChI is InChI=1S/C40H46N6O10/c1-23(47)45-21-35(55-37-27(5-3-7-31(37)45)39(51)41-29-19-43-15-11-25(29)12-16-43)53-33(49)9-10-34(50)54-36-22-46(24(2)48)32-8-4-6-28(38(32)56-36)40(52)42-30-20-44-17-13-26(30)14-18-44/h3-10,25-26,29-30,35-36H,11-22H2,1-2H3,(H,41,51)(H,42,52)/b10-9+. The number of piperidine rings is 6. The van der Waals surface area contributed by atoms with Crippen molar-refractivity contribution in [2.24, 2.45) is 11.8 Å². The van der Waals surface area contributed by atoms with Crippen LogP contribution in [0, 0.1) is 11.8 Å². The molecule has 2 aromatic rings. The molecule has 4 atom stereocenters. The largest absolute Gasteiger partial charge is 0.450 e. The van der Waals surface area contributed by atoms with Crippen LogP contribution in [-0.4, -0.2) is 122 Å². The van der Waals surface area contributed by atoms with Gasteiger partial charge in [-0.2, -0.15) is 0 Å². The lowest BCUT2D eigenvalue weighted by atomic mass is 9.84. The molecule has 8 aliphatic rings. The molecule has 56 heavy (non-hydrogen) atoms. The molecular weight excluding hydrogens is 724 g/mol. The average Bonchev–Trinajstić information content (AvgIpc) is 3.19. The highest BCUT2D eigenvalue weighted by Gasteiger charge is 2.39. The molecule has 2 N–H and O–H groups in total. The highest BCUT2D eigenvalue weighted by atomic mass is 16.7. The summed E-state index contributed by atoms with van der Waals surface area (Å²) in [7, 11) is 0. The van der Waals surface area contributed by atoms with Crippen LogP contribution in [0.1, 0.15) is 60.2 Å². The van der Waals surface area contributed by atoms with Crippen molar-refractivity contribution in [2.75, 3.05) is 62.2 Å². The maximum absolute atomic E-state index is 13.6. The summed E-state index contributed by atoms with van der Waals surface area (Å²) in [5.41, 5.74) is 1.16. The number of esters is 2. The summed E-state index contributed by atoms with van der Waals surface area (Å²) in [6.07, 6.45) is 3.17. The third-order valence-electron chi connectivity index (χ3n) is 11.8. The predicted octanol–water partition coefficient (Wildman–Crippen LogP) is 1.82. The van der Waals surface area contributed by atoms with E-state index in [4.69, 9.17) is 18.9 Å². The van der Waals surface area contributed by atoms with Crippen molar-refractivity contribution in [1.29, 1.82) is 0 Å². The molecule has 0 radical (unpaired) electrons. The molecule has 16 nitrogen and oxygen atoms in total. The number of ether oxygens (including phenoxy) is 4. The zero-order valence-electron chi connectivity index (χ0n) is 31.4. The second-order valence-corrected chi connectivity index (χ2v) is 15.3. The van der Waals surface area contributed by atoms with E-state index in [-0.39, 0.29) is 71.4 Å². The zero-order valence-corrected chi connectivity index (χ0v) is 31.4. The van der Waals surface area contributed by atoms with Gasteiger partial charge in [-0.25, -0.2) is 9.59 Å². The van der Waals surface area contributed by atoms with Gasteiger partial charge in [0.1, 0.15) is 13.1 Å². The maximum atomic E-state index is 13.6. The summed E-state index contributed by atoms with van der Waals surface area (Å²) in [6.45, 7) is 8.05. The van der Waals surface area contributed by atoms with Crippen LogP contribution in [0.25, 0.3) is 0 Å². The Morgan fingerprint density at radius 3 is 1.34 bits per heavy atom. The van der Waals surface area contributed by atoms with E-state index in [9.17, 15) is 28.8 Å².